The monoisotopic (exact) mass is 405 g/mol. The maximum Gasteiger partial charge on any atom is 0.356 e. The first-order valence-corrected chi connectivity index (χ1v) is 10.2. The van der Waals surface area contributed by atoms with Gasteiger partial charge in [0, 0.05) is 11.3 Å². The molecule has 1 heterocycles. The van der Waals surface area contributed by atoms with Crippen LogP contribution in [0.3, 0.4) is 0 Å². The van der Waals surface area contributed by atoms with E-state index in [1.807, 2.05) is 28.9 Å². The molecule has 0 radical (unpaired) electrons. The smallest absolute Gasteiger partial charge is 0.356 e. The summed E-state index contributed by atoms with van der Waals surface area (Å²) in [6.45, 7) is 5.28. The van der Waals surface area contributed by atoms with Gasteiger partial charge in [-0.05, 0) is 46.9 Å². The molecule has 3 aromatic rings. The number of hydrogen-bond donors (Lipinski definition) is 2. The second-order valence-electron chi connectivity index (χ2n) is 8.74. The van der Waals surface area contributed by atoms with Gasteiger partial charge in [-0.25, -0.2) is 10.7 Å². The fourth-order valence-electron chi connectivity index (χ4n) is 4.31. The first-order valence-electron chi connectivity index (χ1n) is 10.2. The Bertz CT molecular complexity index is 1070. The highest BCUT2D eigenvalue weighted by atomic mass is 16.6. The zero-order valence-electron chi connectivity index (χ0n) is 17.4. The van der Waals surface area contributed by atoms with Gasteiger partial charge in [-0.15, -0.1) is 0 Å². The zero-order valence-corrected chi connectivity index (χ0v) is 17.4. The number of rotatable bonds is 6. The molecule has 6 heteroatoms. The topological polar surface area (TPSA) is 90.4 Å². The molecular weight excluding hydrogens is 378 g/mol. The van der Waals surface area contributed by atoms with Crippen LogP contribution in [0.25, 0.3) is 11.1 Å². The Morgan fingerprint density at radius 3 is 2.63 bits per heavy atom. The van der Waals surface area contributed by atoms with E-state index in [0.29, 0.717) is 13.2 Å². The van der Waals surface area contributed by atoms with E-state index in [4.69, 9.17) is 10.7 Å². The molecule has 0 saturated carbocycles. The van der Waals surface area contributed by atoms with E-state index < -0.39 is 5.97 Å². The molecule has 1 aromatic heterocycles. The van der Waals surface area contributed by atoms with Crippen LogP contribution in [0.2, 0.25) is 0 Å². The van der Waals surface area contributed by atoms with Gasteiger partial charge in [-0.1, -0.05) is 62.4 Å². The van der Waals surface area contributed by atoms with Crippen LogP contribution < -0.4 is 5.90 Å². The number of carboxylic acid groups (broad SMARTS) is 1. The molecule has 0 saturated heterocycles. The normalized spacial score (nSPS) is 15.0. The average Bonchev–Trinajstić information content (AvgIpc) is 3.06. The molecule has 4 rings (SSSR count). The summed E-state index contributed by atoms with van der Waals surface area (Å²) in [6.07, 6.45) is 2.64. The van der Waals surface area contributed by atoms with Crippen molar-refractivity contribution in [2.75, 3.05) is 0 Å². The molecule has 0 amide bonds. The van der Waals surface area contributed by atoms with Crippen molar-refractivity contribution < 1.29 is 14.7 Å². The average molecular weight is 405 g/mol. The minimum absolute atomic E-state index is 0.105. The van der Waals surface area contributed by atoms with Crippen LogP contribution >= 0.6 is 0 Å². The molecule has 0 bridgehead atoms. The summed E-state index contributed by atoms with van der Waals surface area (Å²) < 4.78 is 1.87. The number of fused-ring (bicyclic) bond motifs is 1. The number of aromatic nitrogens is 2. The van der Waals surface area contributed by atoms with Gasteiger partial charge < -0.3 is 5.11 Å². The van der Waals surface area contributed by atoms with Crippen molar-refractivity contribution in [1.82, 2.24) is 9.78 Å². The number of hydrogen-bond acceptors (Lipinski definition) is 4. The molecule has 3 N–H and O–H groups in total. The molecular formula is C24H27N3O3. The van der Waals surface area contributed by atoms with Gasteiger partial charge in [0.2, 0.25) is 0 Å². The van der Waals surface area contributed by atoms with Crippen molar-refractivity contribution in [3.8, 4) is 11.1 Å². The number of carboxylic acids is 1. The quantitative estimate of drug-likeness (QED) is 0.600. The van der Waals surface area contributed by atoms with E-state index in [1.165, 1.54) is 0 Å². The van der Waals surface area contributed by atoms with E-state index in [-0.39, 0.29) is 11.1 Å². The van der Waals surface area contributed by atoms with E-state index in [1.54, 1.807) is 0 Å². The van der Waals surface area contributed by atoms with Crippen molar-refractivity contribution in [3.63, 3.8) is 0 Å². The number of nitrogens with two attached hydrogens (primary N) is 1. The van der Waals surface area contributed by atoms with Crippen molar-refractivity contribution in [2.45, 2.75) is 46.3 Å². The highest BCUT2D eigenvalue weighted by Gasteiger charge is 2.32. The molecule has 0 fully saturated rings. The van der Waals surface area contributed by atoms with Gasteiger partial charge in [-0.2, -0.15) is 5.10 Å². The maximum atomic E-state index is 11.7. The van der Waals surface area contributed by atoms with Gasteiger partial charge in [-0.3, -0.25) is 9.52 Å². The van der Waals surface area contributed by atoms with Crippen LogP contribution in [-0.4, -0.2) is 20.9 Å². The SMILES string of the molecule is CC1(C)CCc2c(c(C(=O)O)nn2Cc2ccc(-c3ccccc3CON)cc2)C1. The van der Waals surface area contributed by atoms with Crippen molar-refractivity contribution in [2.24, 2.45) is 11.3 Å². The molecule has 0 unspecified atom stereocenters. The molecule has 2 aromatic carbocycles. The van der Waals surface area contributed by atoms with Gasteiger partial charge in [0.15, 0.2) is 5.69 Å². The molecule has 1 aliphatic carbocycles. The predicted molar refractivity (Wildman–Crippen MR) is 115 cm³/mol. The fourth-order valence-corrected chi connectivity index (χ4v) is 4.31. The van der Waals surface area contributed by atoms with E-state index in [9.17, 15) is 9.90 Å². The lowest BCUT2D eigenvalue weighted by Crippen LogP contribution is -2.24. The van der Waals surface area contributed by atoms with Crippen molar-refractivity contribution >= 4 is 5.97 Å². The summed E-state index contributed by atoms with van der Waals surface area (Å²) in [6, 6.07) is 16.3. The van der Waals surface area contributed by atoms with Gasteiger partial charge in [0.05, 0.1) is 13.2 Å². The van der Waals surface area contributed by atoms with Crippen LogP contribution in [0.4, 0.5) is 0 Å². The van der Waals surface area contributed by atoms with Gasteiger partial charge in [0.1, 0.15) is 0 Å². The first-order chi connectivity index (χ1) is 14.4. The summed E-state index contributed by atoms with van der Waals surface area (Å²) in [5.74, 6) is 4.31. The Morgan fingerprint density at radius 1 is 1.20 bits per heavy atom. The van der Waals surface area contributed by atoms with E-state index >= 15 is 0 Å². The molecule has 0 aliphatic heterocycles. The third-order valence-corrected chi connectivity index (χ3v) is 5.92. The molecule has 30 heavy (non-hydrogen) atoms. The van der Waals surface area contributed by atoms with Gasteiger partial charge in [0.25, 0.3) is 0 Å². The third-order valence-electron chi connectivity index (χ3n) is 5.92. The first kappa shape index (κ1) is 20.3. The van der Waals surface area contributed by atoms with Crippen LogP contribution in [0.5, 0.6) is 0 Å². The van der Waals surface area contributed by atoms with Crippen LogP contribution in [-0.2, 0) is 30.8 Å². The minimum atomic E-state index is -0.947. The largest absolute Gasteiger partial charge is 0.476 e. The standard InChI is InChI=1S/C24H27N3O3/c1-24(2)12-11-21-20(13-24)22(23(28)29)26-27(21)14-16-7-9-17(10-8-16)19-6-4-3-5-18(19)15-30-25/h3-10H,11-15,25H2,1-2H3,(H,28,29). The summed E-state index contributed by atoms with van der Waals surface area (Å²) in [4.78, 5) is 16.6. The molecule has 0 atom stereocenters. The molecule has 156 valence electrons. The van der Waals surface area contributed by atoms with Gasteiger partial charge >= 0.3 is 5.97 Å². The molecule has 0 spiro atoms. The van der Waals surface area contributed by atoms with E-state index in [0.717, 1.165) is 52.8 Å². The second-order valence-corrected chi connectivity index (χ2v) is 8.74. The summed E-state index contributed by atoms with van der Waals surface area (Å²) in [5.41, 5.74) is 6.54. The highest BCUT2D eigenvalue weighted by molar-refractivity contribution is 5.87. The lowest BCUT2D eigenvalue weighted by atomic mass is 9.76. The third kappa shape index (κ3) is 4.01. The van der Waals surface area contributed by atoms with Crippen molar-refractivity contribution in [1.29, 1.82) is 0 Å². The molecule has 1 aliphatic rings. The lowest BCUT2D eigenvalue weighted by molar-refractivity contribution is 0.0687. The Kier molecular flexibility index (Phi) is 5.45. The Labute approximate surface area is 176 Å². The fraction of sp³-hybridized carbons (Fsp3) is 0.333. The number of carbonyl (C=O) groups is 1. The number of benzene rings is 2. The van der Waals surface area contributed by atoms with Crippen LogP contribution in [0.1, 0.15) is 53.1 Å². The predicted octanol–water partition coefficient (Wildman–Crippen LogP) is 4.20. The van der Waals surface area contributed by atoms with E-state index in [2.05, 4.69) is 43.2 Å². The number of nitrogens with zero attached hydrogens (tertiary/aromatic N) is 2. The number of aromatic carboxylic acids is 1. The Balaban J connectivity index is 1.61. The minimum Gasteiger partial charge on any atom is -0.476 e. The summed E-state index contributed by atoms with van der Waals surface area (Å²) in [5, 5.41) is 14.1. The highest BCUT2D eigenvalue weighted by Crippen LogP contribution is 2.36. The summed E-state index contributed by atoms with van der Waals surface area (Å²) >= 11 is 0. The van der Waals surface area contributed by atoms with Crippen LogP contribution in [0.15, 0.2) is 48.5 Å². The Morgan fingerprint density at radius 2 is 1.93 bits per heavy atom. The van der Waals surface area contributed by atoms with Crippen molar-refractivity contribution in [3.05, 3.63) is 76.6 Å². The Hall–Kier alpha value is -2.96. The lowest BCUT2D eigenvalue weighted by Gasteiger charge is -2.29. The maximum absolute atomic E-state index is 11.7. The molecule has 6 nitrogen and oxygen atoms in total. The second kappa shape index (κ2) is 8.05. The summed E-state index contributed by atoms with van der Waals surface area (Å²) in [7, 11) is 0. The van der Waals surface area contributed by atoms with Crippen LogP contribution in [0, 0.1) is 5.41 Å². The zero-order chi connectivity index (χ0) is 21.3.